The minimum atomic E-state index is -4.39. The molecular weight excluding hydrogens is 299 g/mol. The molecule has 0 fully saturated rings. The lowest BCUT2D eigenvalue weighted by Crippen LogP contribution is -2.07. The summed E-state index contributed by atoms with van der Waals surface area (Å²) in [4.78, 5) is 0. The Morgan fingerprint density at radius 1 is 1.10 bits per heavy atom. The van der Waals surface area contributed by atoms with E-state index in [4.69, 9.17) is 11.6 Å². The average molecular weight is 312 g/mol. The number of benzene rings is 2. The molecule has 0 unspecified atom stereocenters. The van der Waals surface area contributed by atoms with E-state index in [0.717, 1.165) is 23.3 Å². The van der Waals surface area contributed by atoms with Gasteiger partial charge in [-0.2, -0.15) is 13.2 Å². The van der Waals surface area contributed by atoms with Crippen molar-refractivity contribution in [1.29, 1.82) is 0 Å². The third-order valence-electron chi connectivity index (χ3n) is 2.97. The van der Waals surface area contributed by atoms with Gasteiger partial charge >= 0.3 is 6.18 Å². The van der Waals surface area contributed by atoms with E-state index in [0.29, 0.717) is 12.2 Å². The monoisotopic (exact) mass is 311 g/mol. The van der Waals surface area contributed by atoms with Crippen molar-refractivity contribution < 1.29 is 13.2 Å². The van der Waals surface area contributed by atoms with Crippen molar-refractivity contribution in [3.63, 3.8) is 0 Å². The second-order valence-electron chi connectivity index (χ2n) is 4.52. The van der Waals surface area contributed by atoms with Crippen molar-refractivity contribution in [3.05, 3.63) is 71.3 Å². The molecule has 0 heterocycles. The van der Waals surface area contributed by atoms with Gasteiger partial charge in [0.25, 0.3) is 0 Å². The molecule has 0 amide bonds. The lowest BCUT2D eigenvalue weighted by molar-refractivity contribution is -0.137. The lowest BCUT2D eigenvalue weighted by atomic mass is 10.1. The van der Waals surface area contributed by atoms with Gasteiger partial charge in [0.15, 0.2) is 0 Å². The summed E-state index contributed by atoms with van der Waals surface area (Å²) in [5, 5.41) is 3.02. The van der Waals surface area contributed by atoms with Crippen LogP contribution < -0.4 is 5.32 Å². The fourth-order valence-electron chi connectivity index (χ4n) is 1.81. The van der Waals surface area contributed by atoms with E-state index in [2.05, 4.69) is 11.9 Å². The molecule has 1 N–H and O–H groups in total. The number of halogens is 4. The second-order valence-corrected chi connectivity index (χ2v) is 4.92. The first-order valence-electron chi connectivity index (χ1n) is 6.22. The van der Waals surface area contributed by atoms with Gasteiger partial charge in [0.1, 0.15) is 0 Å². The Hall–Kier alpha value is -1.94. The van der Waals surface area contributed by atoms with Crippen molar-refractivity contribution in [1.82, 2.24) is 0 Å². The van der Waals surface area contributed by atoms with Crippen LogP contribution in [0.4, 0.5) is 18.9 Å². The second kappa shape index (κ2) is 6.22. The van der Waals surface area contributed by atoms with Crippen LogP contribution in [0.1, 0.15) is 11.1 Å². The molecule has 0 saturated carbocycles. The van der Waals surface area contributed by atoms with E-state index < -0.39 is 11.7 Å². The van der Waals surface area contributed by atoms with Crippen molar-refractivity contribution in [3.8, 4) is 0 Å². The molecular formula is C16H13ClF3N. The Kier molecular flexibility index (Phi) is 4.58. The van der Waals surface area contributed by atoms with E-state index in [1.807, 2.05) is 30.3 Å². The maximum Gasteiger partial charge on any atom is 0.416 e. The molecule has 0 atom stereocenters. The standard InChI is InChI=1S/C16H13ClF3N/c1-11(12-5-3-2-4-6-12)10-21-15-8-7-13(9-14(15)17)16(18,19)20/h2-9,21H,1,10H2. The van der Waals surface area contributed by atoms with Crippen LogP contribution in [0.15, 0.2) is 55.1 Å². The molecule has 0 aliphatic carbocycles. The van der Waals surface area contributed by atoms with Crippen molar-refractivity contribution in [2.24, 2.45) is 0 Å². The van der Waals surface area contributed by atoms with Crippen molar-refractivity contribution in [2.75, 3.05) is 11.9 Å². The van der Waals surface area contributed by atoms with Gasteiger partial charge in [0, 0.05) is 6.54 Å². The fraction of sp³-hybridized carbons (Fsp3) is 0.125. The van der Waals surface area contributed by atoms with Crippen LogP contribution in [0, 0.1) is 0 Å². The van der Waals surface area contributed by atoms with Crippen LogP contribution in [-0.4, -0.2) is 6.54 Å². The molecule has 2 aromatic carbocycles. The highest BCUT2D eigenvalue weighted by Gasteiger charge is 2.30. The van der Waals surface area contributed by atoms with E-state index >= 15 is 0 Å². The highest BCUT2D eigenvalue weighted by Crippen LogP contribution is 2.33. The van der Waals surface area contributed by atoms with Crippen LogP contribution in [0.5, 0.6) is 0 Å². The number of nitrogens with one attached hydrogen (secondary N) is 1. The molecule has 21 heavy (non-hydrogen) atoms. The highest BCUT2D eigenvalue weighted by atomic mass is 35.5. The smallest absolute Gasteiger partial charge is 0.380 e. The van der Waals surface area contributed by atoms with E-state index in [9.17, 15) is 13.2 Å². The quantitative estimate of drug-likeness (QED) is 0.788. The zero-order chi connectivity index (χ0) is 15.5. The van der Waals surface area contributed by atoms with Gasteiger partial charge in [0.2, 0.25) is 0 Å². The van der Waals surface area contributed by atoms with Crippen LogP contribution in [-0.2, 0) is 6.18 Å². The van der Waals surface area contributed by atoms with Gasteiger partial charge in [-0.3, -0.25) is 0 Å². The molecule has 0 radical (unpaired) electrons. The Balaban J connectivity index is 2.06. The van der Waals surface area contributed by atoms with Gasteiger partial charge in [-0.15, -0.1) is 0 Å². The molecule has 2 aromatic rings. The summed E-state index contributed by atoms with van der Waals surface area (Å²) >= 11 is 5.87. The molecule has 2 rings (SSSR count). The first kappa shape index (κ1) is 15.4. The van der Waals surface area contributed by atoms with Crippen LogP contribution >= 0.6 is 11.6 Å². The summed E-state index contributed by atoms with van der Waals surface area (Å²) < 4.78 is 37.6. The number of hydrogen-bond donors (Lipinski definition) is 1. The molecule has 1 nitrogen and oxygen atoms in total. The number of anilines is 1. The topological polar surface area (TPSA) is 12.0 Å². The fourth-order valence-corrected chi connectivity index (χ4v) is 2.06. The van der Waals surface area contributed by atoms with Crippen LogP contribution in [0.25, 0.3) is 5.57 Å². The third-order valence-corrected chi connectivity index (χ3v) is 3.28. The van der Waals surface area contributed by atoms with Gasteiger partial charge < -0.3 is 5.32 Å². The minimum Gasteiger partial charge on any atom is -0.380 e. The zero-order valence-electron chi connectivity index (χ0n) is 11.0. The summed E-state index contributed by atoms with van der Waals surface area (Å²) in [6.07, 6.45) is -4.39. The van der Waals surface area contributed by atoms with Gasteiger partial charge in [-0.05, 0) is 29.3 Å². The Morgan fingerprint density at radius 3 is 2.33 bits per heavy atom. The Labute approximate surface area is 126 Å². The Bertz CT molecular complexity index is 636. The normalized spacial score (nSPS) is 11.2. The zero-order valence-corrected chi connectivity index (χ0v) is 11.8. The van der Waals surface area contributed by atoms with Gasteiger partial charge in [-0.25, -0.2) is 0 Å². The average Bonchev–Trinajstić information content (AvgIpc) is 2.45. The van der Waals surface area contributed by atoms with Gasteiger partial charge in [0.05, 0.1) is 16.3 Å². The first-order chi connectivity index (χ1) is 9.88. The maximum absolute atomic E-state index is 12.5. The molecule has 0 aliphatic heterocycles. The van der Waals surface area contributed by atoms with Crippen molar-refractivity contribution >= 4 is 22.9 Å². The largest absolute Gasteiger partial charge is 0.416 e. The molecule has 0 saturated heterocycles. The van der Waals surface area contributed by atoms with Crippen LogP contribution in [0.2, 0.25) is 5.02 Å². The summed E-state index contributed by atoms with van der Waals surface area (Å²) in [6, 6.07) is 12.8. The summed E-state index contributed by atoms with van der Waals surface area (Å²) in [5.41, 5.74) is 1.47. The molecule has 0 aliphatic rings. The van der Waals surface area contributed by atoms with E-state index in [-0.39, 0.29) is 5.02 Å². The predicted octanol–water partition coefficient (Wildman–Crippen LogP) is 5.48. The summed E-state index contributed by atoms with van der Waals surface area (Å²) in [7, 11) is 0. The van der Waals surface area contributed by atoms with E-state index in [1.54, 1.807) is 0 Å². The van der Waals surface area contributed by atoms with Crippen molar-refractivity contribution in [2.45, 2.75) is 6.18 Å². The molecule has 0 aromatic heterocycles. The number of hydrogen-bond acceptors (Lipinski definition) is 1. The molecule has 0 bridgehead atoms. The molecule has 0 spiro atoms. The highest BCUT2D eigenvalue weighted by molar-refractivity contribution is 6.33. The minimum absolute atomic E-state index is 0.0330. The maximum atomic E-state index is 12.5. The first-order valence-corrected chi connectivity index (χ1v) is 6.59. The van der Waals surface area contributed by atoms with Crippen LogP contribution in [0.3, 0.4) is 0 Å². The number of alkyl halides is 3. The number of rotatable bonds is 4. The lowest BCUT2D eigenvalue weighted by Gasteiger charge is -2.13. The summed E-state index contributed by atoms with van der Waals surface area (Å²) in [5.74, 6) is 0. The third kappa shape index (κ3) is 4.02. The SMILES string of the molecule is C=C(CNc1ccc(C(F)(F)F)cc1Cl)c1ccccc1. The Morgan fingerprint density at radius 2 is 1.76 bits per heavy atom. The summed E-state index contributed by atoms with van der Waals surface area (Å²) in [6.45, 7) is 4.34. The predicted molar refractivity (Wildman–Crippen MR) is 80.4 cm³/mol. The van der Waals surface area contributed by atoms with Gasteiger partial charge in [-0.1, -0.05) is 48.5 Å². The molecule has 5 heteroatoms. The van der Waals surface area contributed by atoms with E-state index in [1.165, 1.54) is 6.07 Å². The molecule has 110 valence electrons.